The molecule has 0 spiro atoms. The van der Waals surface area contributed by atoms with Crippen LogP contribution in [0.3, 0.4) is 0 Å². The summed E-state index contributed by atoms with van der Waals surface area (Å²) in [7, 11) is 1.31. The van der Waals surface area contributed by atoms with Crippen molar-refractivity contribution in [2.75, 3.05) is 26.8 Å². The van der Waals surface area contributed by atoms with Crippen LogP contribution in [0.1, 0.15) is 23.3 Å². The van der Waals surface area contributed by atoms with Crippen molar-refractivity contribution in [3.8, 4) is 5.88 Å². The third kappa shape index (κ3) is 3.40. The highest BCUT2D eigenvalue weighted by atomic mass is 16.5. The molecule has 0 aromatic carbocycles. The molecule has 1 aliphatic heterocycles. The molecule has 1 atom stereocenters. The molecule has 0 saturated carbocycles. The Labute approximate surface area is 106 Å². The molecule has 0 aliphatic carbocycles. The molecule has 0 radical (unpaired) electrons. The van der Waals surface area contributed by atoms with Gasteiger partial charge in [-0.1, -0.05) is 0 Å². The summed E-state index contributed by atoms with van der Waals surface area (Å²) in [4.78, 5) is 11.1. The average molecular weight is 251 g/mol. The first kappa shape index (κ1) is 12.8. The van der Waals surface area contributed by atoms with Gasteiger partial charge in [0, 0.05) is 6.07 Å². The van der Waals surface area contributed by atoms with Gasteiger partial charge in [-0.2, -0.15) is 0 Å². The van der Waals surface area contributed by atoms with E-state index in [1.54, 1.807) is 12.1 Å². The Balaban J connectivity index is 1.77. The van der Waals surface area contributed by atoms with Gasteiger partial charge in [-0.05, 0) is 37.9 Å². The van der Waals surface area contributed by atoms with Crippen LogP contribution in [0.25, 0.3) is 0 Å². The molecule has 2 heterocycles. The Kier molecular flexibility index (Phi) is 4.46. The molecule has 6 heteroatoms. The van der Waals surface area contributed by atoms with E-state index < -0.39 is 5.97 Å². The lowest BCUT2D eigenvalue weighted by Crippen LogP contribution is -2.12. The van der Waals surface area contributed by atoms with Crippen molar-refractivity contribution in [1.29, 1.82) is 0 Å². The van der Waals surface area contributed by atoms with Crippen LogP contribution in [0.4, 0.5) is 0 Å². The lowest BCUT2D eigenvalue weighted by atomic mass is 10.1. The van der Waals surface area contributed by atoms with Crippen LogP contribution in [0, 0.1) is 5.92 Å². The largest absolute Gasteiger partial charge is 0.477 e. The third-order valence-electron chi connectivity index (χ3n) is 2.97. The summed E-state index contributed by atoms with van der Waals surface area (Å²) in [5.74, 6) is 0.631. The molecule has 1 unspecified atom stereocenters. The Bertz CT molecular complexity index is 388. The molecule has 1 fully saturated rings. The van der Waals surface area contributed by atoms with Crippen LogP contribution < -0.4 is 10.1 Å². The van der Waals surface area contributed by atoms with Gasteiger partial charge in [-0.25, -0.2) is 4.79 Å². The minimum atomic E-state index is -0.494. The number of aromatic nitrogens is 2. The maximum absolute atomic E-state index is 11.1. The lowest BCUT2D eigenvalue weighted by molar-refractivity contribution is 0.0592. The Morgan fingerprint density at radius 3 is 3.00 bits per heavy atom. The van der Waals surface area contributed by atoms with E-state index >= 15 is 0 Å². The predicted molar refractivity (Wildman–Crippen MR) is 64.5 cm³/mol. The summed E-state index contributed by atoms with van der Waals surface area (Å²) < 4.78 is 10.0. The molecular weight excluding hydrogens is 234 g/mol. The first-order chi connectivity index (χ1) is 8.79. The highest BCUT2D eigenvalue weighted by Gasteiger charge is 2.14. The van der Waals surface area contributed by atoms with Crippen molar-refractivity contribution in [2.24, 2.45) is 5.92 Å². The first-order valence-corrected chi connectivity index (χ1v) is 6.05. The van der Waals surface area contributed by atoms with Gasteiger partial charge in [0.25, 0.3) is 0 Å². The van der Waals surface area contributed by atoms with E-state index in [0.29, 0.717) is 18.4 Å². The van der Waals surface area contributed by atoms with E-state index in [-0.39, 0.29) is 5.69 Å². The number of methoxy groups -OCH3 is 1. The maximum Gasteiger partial charge on any atom is 0.358 e. The van der Waals surface area contributed by atoms with Crippen molar-refractivity contribution >= 4 is 5.97 Å². The zero-order chi connectivity index (χ0) is 12.8. The lowest BCUT2D eigenvalue weighted by Gasteiger charge is -2.08. The summed E-state index contributed by atoms with van der Waals surface area (Å²) in [6.45, 7) is 2.78. The molecule has 1 aromatic heterocycles. The quantitative estimate of drug-likeness (QED) is 0.774. The Hall–Kier alpha value is -1.69. The number of hydrogen-bond donors (Lipinski definition) is 1. The number of carbonyl (C=O) groups is 1. The second kappa shape index (κ2) is 6.30. The topological polar surface area (TPSA) is 73.3 Å². The number of esters is 1. The van der Waals surface area contributed by atoms with Crippen molar-refractivity contribution in [2.45, 2.75) is 12.8 Å². The van der Waals surface area contributed by atoms with Crippen LogP contribution in [0.15, 0.2) is 12.1 Å². The minimum Gasteiger partial charge on any atom is -0.477 e. The van der Waals surface area contributed by atoms with Crippen LogP contribution in [0.2, 0.25) is 0 Å². The normalized spacial score (nSPS) is 18.6. The zero-order valence-corrected chi connectivity index (χ0v) is 10.4. The number of hydrogen-bond acceptors (Lipinski definition) is 6. The fourth-order valence-corrected chi connectivity index (χ4v) is 1.90. The molecule has 0 amide bonds. The van der Waals surface area contributed by atoms with Gasteiger partial charge in [0.2, 0.25) is 5.88 Å². The summed E-state index contributed by atoms with van der Waals surface area (Å²) in [5.41, 5.74) is 0.185. The highest BCUT2D eigenvalue weighted by molar-refractivity contribution is 5.86. The molecular formula is C12H17N3O3. The molecule has 1 aliphatic rings. The molecule has 98 valence electrons. The van der Waals surface area contributed by atoms with E-state index in [2.05, 4.69) is 20.3 Å². The number of carbonyl (C=O) groups excluding carboxylic acids is 1. The maximum atomic E-state index is 11.1. The standard InChI is InChI=1S/C12H17N3O3/c1-17-12(16)10-2-3-11(15-14-10)18-7-5-9-4-6-13-8-9/h2-3,9,13H,4-8H2,1H3. The Morgan fingerprint density at radius 2 is 2.39 bits per heavy atom. The molecule has 1 saturated heterocycles. The van der Waals surface area contributed by atoms with Gasteiger partial charge in [-0.15, -0.1) is 10.2 Å². The highest BCUT2D eigenvalue weighted by Crippen LogP contribution is 2.13. The van der Waals surface area contributed by atoms with E-state index in [9.17, 15) is 4.79 Å². The van der Waals surface area contributed by atoms with E-state index in [1.165, 1.54) is 13.5 Å². The van der Waals surface area contributed by atoms with Gasteiger partial charge in [0.05, 0.1) is 13.7 Å². The number of ether oxygens (including phenoxy) is 2. The summed E-state index contributed by atoms with van der Waals surface area (Å²) in [6.07, 6.45) is 2.21. The van der Waals surface area contributed by atoms with Crippen LogP contribution >= 0.6 is 0 Å². The van der Waals surface area contributed by atoms with Gasteiger partial charge < -0.3 is 14.8 Å². The number of rotatable bonds is 5. The minimum absolute atomic E-state index is 0.185. The number of nitrogens with zero attached hydrogens (tertiary/aromatic N) is 2. The zero-order valence-electron chi connectivity index (χ0n) is 10.4. The van der Waals surface area contributed by atoms with E-state index in [0.717, 1.165) is 19.5 Å². The van der Waals surface area contributed by atoms with Crippen LogP contribution in [-0.2, 0) is 4.74 Å². The average Bonchev–Trinajstić information content (AvgIpc) is 2.92. The summed E-state index contributed by atoms with van der Waals surface area (Å²) >= 11 is 0. The van der Waals surface area contributed by atoms with Gasteiger partial charge in [0.15, 0.2) is 5.69 Å². The van der Waals surface area contributed by atoms with Crippen LogP contribution in [-0.4, -0.2) is 43.0 Å². The third-order valence-corrected chi connectivity index (χ3v) is 2.97. The summed E-state index contributed by atoms with van der Waals surface area (Å²) in [5, 5.41) is 10.9. The van der Waals surface area contributed by atoms with Gasteiger partial charge >= 0.3 is 5.97 Å². The van der Waals surface area contributed by atoms with Gasteiger partial charge in [-0.3, -0.25) is 0 Å². The van der Waals surface area contributed by atoms with Crippen molar-refractivity contribution < 1.29 is 14.3 Å². The molecule has 1 aromatic rings. The van der Waals surface area contributed by atoms with Gasteiger partial charge in [0.1, 0.15) is 0 Å². The summed E-state index contributed by atoms with van der Waals surface area (Å²) in [6, 6.07) is 3.18. The van der Waals surface area contributed by atoms with Crippen molar-refractivity contribution in [3.05, 3.63) is 17.8 Å². The molecule has 18 heavy (non-hydrogen) atoms. The molecule has 6 nitrogen and oxygen atoms in total. The smallest absolute Gasteiger partial charge is 0.358 e. The Morgan fingerprint density at radius 1 is 1.50 bits per heavy atom. The molecule has 0 bridgehead atoms. The fraction of sp³-hybridized carbons (Fsp3) is 0.583. The fourth-order valence-electron chi connectivity index (χ4n) is 1.90. The predicted octanol–water partition coefficient (Wildman–Crippen LogP) is 0.642. The SMILES string of the molecule is COC(=O)c1ccc(OCCC2CCNC2)nn1. The second-order valence-electron chi connectivity index (χ2n) is 4.24. The van der Waals surface area contributed by atoms with Crippen LogP contribution in [0.5, 0.6) is 5.88 Å². The monoisotopic (exact) mass is 251 g/mol. The molecule has 2 rings (SSSR count). The van der Waals surface area contributed by atoms with Crippen molar-refractivity contribution in [3.63, 3.8) is 0 Å². The second-order valence-corrected chi connectivity index (χ2v) is 4.24. The molecule has 1 N–H and O–H groups in total. The van der Waals surface area contributed by atoms with Crippen molar-refractivity contribution in [1.82, 2.24) is 15.5 Å². The number of nitrogens with one attached hydrogen (secondary N) is 1. The first-order valence-electron chi connectivity index (χ1n) is 6.05. The van der Waals surface area contributed by atoms with E-state index in [1.807, 2.05) is 0 Å². The van der Waals surface area contributed by atoms with E-state index in [4.69, 9.17) is 4.74 Å².